The molecule has 0 spiro atoms. The van der Waals surface area contributed by atoms with Crippen molar-refractivity contribution in [1.29, 1.82) is 0 Å². The van der Waals surface area contributed by atoms with Crippen molar-refractivity contribution in [2.45, 2.75) is 36.4 Å². The van der Waals surface area contributed by atoms with Crippen LogP contribution >= 0.6 is 11.8 Å². The van der Waals surface area contributed by atoms with E-state index in [0.29, 0.717) is 23.0 Å². The highest BCUT2D eigenvalue weighted by Crippen LogP contribution is 2.29. The molecule has 0 aliphatic carbocycles. The van der Waals surface area contributed by atoms with Gasteiger partial charge in [0, 0.05) is 10.6 Å². The number of carbonyl (C=O) groups is 1. The molecular formula is C26H33FN6O4S. The average molecular weight is 545 g/mol. The number of amides is 1. The lowest BCUT2D eigenvalue weighted by Gasteiger charge is -2.25. The van der Waals surface area contributed by atoms with E-state index in [-0.39, 0.29) is 50.1 Å². The molecule has 3 rings (SSSR count). The molecule has 2 aromatic carbocycles. The van der Waals surface area contributed by atoms with E-state index in [2.05, 4.69) is 20.3 Å². The predicted molar refractivity (Wildman–Crippen MR) is 144 cm³/mol. The number of nitrogens with one attached hydrogen (secondary N) is 1. The smallest absolute Gasteiger partial charge is 0.246 e. The highest BCUT2D eigenvalue weighted by Gasteiger charge is 2.26. The molecule has 0 saturated carbocycles. The van der Waals surface area contributed by atoms with Crippen molar-refractivity contribution in [3.8, 4) is 5.75 Å². The fraction of sp³-hybridized carbons (Fsp3) is 0.385. The van der Waals surface area contributed by atoms with Crippen molar-refractivity contribution >= 4 is 35.3 Å². The molecule has 38 heavy (non-hydrogen) atoms. The third-order valence-electron chi connectivity index (χ3n) is 5.20. The van der Waals surface area contributed by atoms with E-state index >= 15 is 0 Å². The molecule has 0 bridgehead atoms. The molecule has 12 heteroatoms. The first-order valence-corrected chi connectivity index (χ1v) is 13.0. The van der Waals surface area contributed by atoms with Gasteiger partial charge in [-0.3, -0.25) is 9.69 Å². The summed E-state index contributed by atoms with van der Waals surface area (Å²) in [6.07, 6.45) is 0.472. The number of aliphatic hydroxyl groups excluding tert-OH is 1. The minimum absolute atomic E-state index is 0.0757. The number of aliphatic hydroxyl groups is 1. The minimum Gasteiger partial charge on any atom is -0.497 e. The molecule has 0 fully saturated rings. The molecule has 0 unspecified atom stereocenters. The number of nitrogens with two attached hydrogens (primary N) is 1. The monoisotopic (exact) mass is 544 g/mol. The van der Waals surface area contributed by atoms with E-state index in [1.165, 1.54) is 28.8 Å². The van der Waals surface area contributed by atoms with Gasteiger partial charge in [0.1, 0.15) is 11.6 Å². The van der Waals surface area contributed by atoms with Gasteiger partial charge in [0.15, 0.2) is 5.16 Å². The summed E-state index contributed by atoms with van der Waals surface area (Å²) in [5.74, 6) is 0.322. The normalized spacial score (nSPS) is 11.9. The number of anilines is 3. The number of rotatable bonds is 14. The van der Waals surface area contributed by atoms with E-state index < -0.39 is 11.9 Å². The molecule has 204 valence electrons. The summed E-state index contributed by atoms with van der Waals surface area (Å²) in [5.41, 5.74) is 6.67. The van der Waals surface area contributed by atoms with Gasteiger partial charge in [-0.1, -0.05) is 19.9 Å². The van der Waals surface area contributed by atoms with Crippen LogP contribution in [0.5, 0.6) is 5.75 Å². The highest BCUT2D eigenvalue weighted by atomic mass is 32.2. The fourth-order valence-electron chi connectivity index (χ4n) is 3.45. The highest BCUT2D eigenvalue weighted by molar-refractivity contribution is 7.99. The molecule has 0 aliphatic rings. The largest absolute Gasteiger partial charge is 0.497 e. The molecule has 0 saturated heterocycles. The summed E-state index contributed by atoms with van der Waals surface area (Å²) in [6.45, 7) is 4.20. The van der Waals surface area contributed by atoms with Crippen LogP contribution in [0.15, 0.2) is 58.6 Å². The van der Waals surface area contributed by atoms with Gasteiger partial charge >= 0.3 is 0 Å². The third-order valence-corrected chi connectivity index (χ3v) is 6.07. The lowest BCUT2D eigenvalue weighted by molar-refractivity contribution is -0.120. The zero-order chi connectivity index (χ0) is 27.5. The van der Waals surface area contributed by atoms with Crippen molar-refractivity contribution in [1.82, 2.24) is 15.0 Å². The van der Waals surface area contributed by atoms with E-state index in [0.717, 1.165) is 4.90 Å². The zero-order valence-electron chi connectivity index (χ0n) is 21.6. The van der Waals surface area contributed by atoms with Crippen LogP contribution < -0.4 is 20.7 Å². The number of hydrogen-bond acceptors (Lipinski definition) is 10. The second-order valence-electron chi connectivity index (χ2n) is 8.72. The Hall–Kier alpha value is -3.32. The lowest BCUT2D eigenvalue weighted by Crippen LogP contribution is -2.46. The summed E-state index contributed by atoms with van der Waals surface area (Å²) in [5, 5.41) is 12.3. The maximum atomic E-state index is 13.8. The molecule has 3 aromatic rings. The number of benzene rings is 2. The third kappa shape index (κ3) is 8.91. The standard InChI is InChI=1S/C26H33FN6O4S/c1-17(2)15-22(28)23(35)33(11-13-37-14-12-34)25-30-24(29-19-6-4-5-18(27)16-19)31-26(32-25)38-21-9-7-20(36-3)8-10-21/h4-10,16-17,22,34H,11-15,28H2,1-3H3,(H,29,30,31,32)/t22-/m0/s1. The quantitative estimate of drug-likeness (QED) is 0.258. The van der Waals surface area contributed by atoms with Crippen molar-refractivity contribution in [3.05, 3.63) is 54.3 Å². The van der Waals surface area contributed by atoms with Crippen LogP contribution in [0.3, 0.4) is 0 Å². The van der Waals surface area contributed by atoms with Gasteiger partial charge in [0.05, 0.1) is 39.5 Å². The van der Waals surface area contributed by atoms with Crippen LogP contribution in [0.25, 0.3) is 0 Å². The molecule has 0 aliphatic heterocycles. The zero-order valence-corrected chi connectivity index (χ0v) is 22.4. The number of methoxy groups -OCH3 is 1. The summed E-state index contributed by atoms with van der Waals surface area (Å²) in [4.78, 5) is 29.1. The Bertz CT molecular complexity index is 1180. The SMILES string of the molecule is COc1ccc(Sc2nc(Nc3cccc(F)c3)nc(N(CCOCCO)C(=O)[C@@H](N)CC(C)C)n2)cc1. The van der Waals surface area contributed by atoms with E-state index in [4.69, 9.17) is 20.3 Å². The van der Waals surface area contributed by atoms with Crippen LogP contribution in [-0.4, -0.2) is 65.5 Å². The first-order valence-electron chi connectivity index (χ1n) is 12.1. The second kappa shape index (κ2) is 14.6. The summed E-state index contributed by atoms with van der Waals surface area (Å²) >= 11 is 1.26. The molecule has 4 N–H and O–H groups in total. The number of ether oxygens (including phenoxy) is 2. The molecule has 1 aromatic heterocycles. The lowest BCUT2D eigenvalue weighted by atomic mass is 10.0. The number of carbonyl (C=O) groups excluding carboxylic acids is 1. The second-order valence-corrected chi connectivity index (χ2v) is 9.76. The average Bonchev–Trinajstić information content (AvgIpc) is 2.88. The van der Waals surface area contributed by atoms with Gasteiger partial charge in [-0.25, -0.2) is 4.39 Å². The Morgan fingerprint density at radius 3 is 2.58 bits per heavy atom. The summed E-state index contributed by atoms with van der Waals surface area (Å²) < 4.78 is 24.4. The van der Waals surface area contributed by atoms with Crippen LogP contribution in [0.2, 0.25) is 0 Å². The van der Waals surface area contributed by atoms with Crippen molar-refractivity contribution < 1.29 is 23.8 Å². The summed E-state index contributed by atoms with van der Waals surface area (Å²) in [6, 6.07) is 12.4. The van der Waals surface area contributed by atoms with Crippen molar-refractivity contribution in [2.75, 3.05) is 43.7 Å². The number of hydrogen-bond donors (Lipinski definition) is 3. The van der Waals surface area contributed by atoms with Crippen LogP contribution in [0.1, 0.15) is 20.3 Å². The summed E-state index contributed by atoms with van der Waals surface area (Å²) in [7, 11) is 1.59. The Morgan fingerprint density at radius 1 is 1.16 bits per heavy atom. The molecule has 0 radical (unpaired) electrons. The van der Waals surface area contributed by atoms with E-state index in [9.17, 15) is 9.18 Å². The Morgan fingerprint density at radius 2 is 1.92 bits per heavy atom. The topological polar surface area (TPSA) is 136 Å². The van der Waals surface area contributed by atoms with Crippen molar-refractivity contribution in [2.24, 2.45) is 11.7 Å². The van der Waals surface area contributed by atoms with Gasteiger partial charge in [-0.05, 0) is 66.6 Å². The van der Waals surface area contributed by atoms with E-state index in [1.807, 2.05) is 38.1 Å². The molecule has 10 nitrogen and oxygen atoms in total. The molecule has 1 heterocycles. The van der Waals surface area contributed by atoms with Gasteiger partial charge < -0.3 is 25.6 Å². The number of halogens is 1. The van der Waals surface area contributed by atoms with Gasteiger partial charge in [-0.15, -0.1) is 0 Å². The Balaban J connectivity index is 1.99. The first-order chi connectivity index (χ1) is 18.3. The minimum atomic E-state index is -0.776. The predicted octanol–water partition coefficient (Wildman–Crippen LogP) is 3.63. The van der Waals surface area contributed by atoms with Gasteiger partial charge in [-0.2, -0.15) is 15.0 Å². The maximum Gasteiger partial charge on any atom is 0.246 e. The van der Waals surface area contributed by atoms with E-state index in [1.54, 1.807) is 19.2 Å². The Labute approximate surface area is 225 Å². The Kier molecular flexibility index (Phi) is 11.2. The fourth-order valence-corrected chi connectivity index (χ4v) is 4.20. The van der Waals surface area contributed by atoms with Crippen LogP contribution in [-0.2, 0) is 9.53 Å². The molecular weight excluding hydrogens is 511 g/mol. The molecule has 1 atom stereocenters. The maximum absolute atomic E-state index is 13.8. The number of nitrogens with zero attached hydrogens (tertiary/aromatic N) is 4. The van der Waals surface area contributed by atoms with Gasteiger partial charge in [0.25, 0.3) is 0 Å². The first kappa shape index (κ1) is 29.2. The molecule has 1 amide bonds. The van der Waals surface area contributed by atoms with Crippen LogP contribution in [0.4, 0.5) is 22.0 Å². The van der Waals surface area contributed by atoms with Crippen LogP contribution in [0, 0.1) is 11.7 Å². The van der Waals surface area contributed by atoms with Crippen molar-refractivity contribution in [3.63, 3.8) is 0 Å². The number of aromatic nitrogens is 3. The van der Waals surface area contributed by atoms with Gasteiger partial charge in [0.2, 0.25) is 17.8 Å².